The van der Waals surface area contributed by atoms with E-state index < -0.39 is 0 Å². The average molecular weight is 148 g/mol. The van der Waals surface area contributed by atoms with Crippen molar-refractivity contribution in [2.45, 2.75) is 6.42 Å². The molecule has 0 aromatic rings. The summed E-state index contributed by atoms with van der Waals surface area (Å²) in [6.07, 6.45) is 3.50. The highest BCUT2D eigenvalue weighted by atomic mass is 32.2. The van der Waals surface area contributed by atoms with Crippen LogP contribution >= 0.6 is 11.8 Å². The first-order valence-corrected chi connectivity index (χ1v) is 4.75. The lowest BCUT2D eigenvalue weighted by atomic mass is 10.4. The molecule has 0 rings (SSSR count). The van der Waals surface area contributed by atoms with E-state index in [0.717, 1.165) is 4.48 Å². The van der Waals surface area contributed by atoms with Gasteiger partial charge in [-0.2, -0.15) is 11.8 Å². The van der Waals surface area contributed by atoms with Gasteiger partial charge >= 0.3 is 0 Å². The third-order valence-corrected chi connectivity index (χ3v) is 1.87. The Morgan fingerprint density at radius 3 is 2.11 bits per heavy atom. The van der Waals surface area contributed by atoms with Gasteiger partial charge in [-0.1, -0.05) is 0 Å². The summed E-state index contributed by atoms with van der Waals surface area (Å²) in [5, 5.41) is 0. The fourth-order valence-electron chi connectivity index (χ4n) is 0.683. The van der Waals surface area contributed by atoms with Crippen LogP contribution in [0.3, 0.4) is 0 Å². The quantitative estimate of drug-likeness (QED) is 0.429. The van der Waals surface area contributed by atoms with E-state index in [1.54, 1.807) is 0 Å². The summed E-state index contributed by atoms with van der Waals surface area (Å²) in [5.74, 6) is 1.30. The molecule has 0 amide bonds. The molecule has 0 aliphatic rings. The van der Waals surface area contributed by atoms with Crippen LogP contribution in [-0.2, 0) is 0 Å². The standard InChI is InChI=1S/C7H18NS/c1-8(2,3)6-5-7-9-4/h5-7H2,1-4H3/q+1. The van der Waals surface area contributed by atoms with Crippen molar-refractivity contribution in [3.05, 3.63) is 0 Å². The molecule has 0 aromatic carbocycles. The predicted octanol–water partition coefficient (Wildman–Crippen LogP) is 1.45. The number of quaternary nitrogens is 1. The van der Waals surface area contributed by atoms with E-state index in [4.69, 9.17) is 0 Å². The average Bonchev–Trinajstić information content (AvgIpc) is 1.63. The van der Waals surface area contributed by atoms with E-state index in [1.165, 1.54) is 18.7 Å². The van der Waals surface area contributed by atoms with E-state index in [2.05, 4.69) is 27.4 Å². The Labute approximate surface area is 63.0 Å². The zero-order valence-corrected chi connectivity index (χ0v) is 7.79. The lowest BCUT2D eigenvalue weighted by Crippen LogP contribution is -2.35. The topological polar surface area (TPSA) is 0 Å². The third kappa shape index (κ3) is 8.31. The molecule has 2 heteroatoms. The number of hydrogen-bond acceptors (Lipinski definition) is 1. The molecule has 0 fully saturated rings. The molecule has 56 valence electrons. The van der Waals surface area contributed by atoms with Crippen molar-refractivity contribution in [2.75, 3.05) is 39.7 Å². The summed E-state index contributed by atoms with van der Waals surface area (Å²) in [7, 11) is 6.71. The Bertz CT molecular complexity index is 65.8. The minimum Gasteiger partial charge on any atom is -0.331 e. The van der Waals surface area contributed by atoms with Crippen molar-refractivity contribution in [3.63, 3.8) is 0 Å². The van der Waals surface area contributed by atoms with Gasteiger partial charge in [-0.3, -0.25) is 0 Å². The molecule has 0 bridgehead atoms. The minimum absolute atomic E-state index is 1.10. The molecular weight excluding hydrogens is 130 g/mol. The molecule has 9 heavy (non-hydrogen) atoms. The minimum atomic E-state index is 1.10. The number of thioether (sulfide) groups is 1. The van der Waals surface area contributed by atoms with Crippen molar-refractivity contribution in [1.29, 1.82) is 0 Å². The van der Waals surface area contributed by atoms with E-state index in [-0.39, 0.29) is 0 Å². The van der Waals surface area contributed by atoms with Gasteiger partial charge in [0.1, 0.15) is 0 Å². The Kier molecular flexibility index (Phi) is 4.32. The molecule has 0 atom stereocenters. The predicted molar refractivity (Wildman–Crippen MR) is 45.9 cm³/mol. The summed E-state index contributed by atoms with van der Waals surface area (Å²) in [6.45, 7) is 1.29. The summed E-state index contributed by atoms with van der Waals surface area (Å²) < 4.78 is 1.10. The fraction of sp³-hybridized carbons (Fsp3) is 1.00. The van der Waals surface area contributed by atoms with Gasteiger partial charge in [0, 0.05) is 6.42 Å². The summed E-state index contributed by atoms with van der Waals surface area (Å²) in [4.78, 5) is 0. The molecule has 0 heterocycles. The maximum absolute atomic E-state index is 2.24. The second-order valence-corrected chi connectivity index (χ2v) is 4.35. The lowest BCUT2D eigenvalue weighted by Gasteiger charge is -2.23. The molecule has 0 aliphatic heterocycles. The number of hydrogen-bond donors (Lipinski definition) is 0. The van der Waals surface area contributed by atoms with Gasteiger partial charge in [0.2, 0.25) is 0 Å². The third-order valence-electron chi connectivity index (χ3n) is 1.18. The smallest absolute Gasteiger partial charge is 0.0788 e. The molecule has 0 radical (unpaired) electrons. The summed E-state index contributed by atoms with van der Waals surface area (Å²) in [6, 6.07) is 0. The summed E-state index contributed by atoms with van der Waals surface area (Å²) in [5.41, 5.74) is 0. The highest BCUT2D eigenvalue weighted by molar-refractivity contribution is 7.98. The SMILES string of the molecule is CSCCC[N+](C)(C)C. The van der Waals surface area contributed by atoms with Gasteiger partial charge in [0.05, 0.1) is 27.7 Å². The van der Waals surface area contributed by atoms with Crippen LogP contribution in [0.25, 0.3) is 0 Å². The molecule has 1 nitrogen and oxygen atoms in total. The molecule has 0 saturated heterocycles. The fourth-order valence-corrected chi connectivity index (χ4v) is 1.10. The Hall–Kier alpha value is 0.310. The van der Waals surface area contributed by atoms with Crippen LogP contribution in [0.1, 0.15) is 6.42 Å². The van der Waals surface area contributed by atoms with E-state index in [1.807, 2.05) is 11.8 Å². The maximum atomic E-state index is 2.24. The first-order valence-electron chi connectivity index (χ1n) is 3.35. The van der Waals surface area contributed by atoms with Crippen molar-refractivity contribution < 1.29 is 4.48 Å². The van der Waals surface area contributed by atoms with Crippen LogP contribution in [0.5, 0.6) is 0 Å². The van der Waals surface area contributed by atoms with Gasteiger partial charge in [-0.15, -0.1) is 0 Å². The molecular formula is C7H18NS+. The molecule has 0 unspecified atom stereocenters. The van der Waals surface area contributed by atoms with E-state index in [0.29, 0.717) is 0 Å². The normalized spacial score (nSPS) is 12.0. The lowest BCUT2D eigenvalue weighted by molar-refractivity contribution is -0.870. The summed E-state index contributed by atoms with van der Waals surface area (Å²) >= 11 is 1.93. The van der Waals surface area contributed by atoms with Crippen LogP contribution in [0.4, 0.5) is 0 Å². The Balaban J connectivity index is 3.07. The monoisotopic (exact) mass is 148 g/mol. The molecule has 0 aromatic heterocycles. The van der Waals surface area contributed by atoms with Crippen LogP contribution < -0.4 is 0 Å². The van der Waals surface area contributed by atoms with Crippen LogP contribution in [0, 0.1) is 0 Å². The van der Waals surface area contributed by atoms with Gasteiger partial charge in [0.25, 0.3) is 0 Å². The van der Waals surface area contributed by atoms with Crippen LogP contribution in [0.15, 0.2) is 0 Å². The van der Waals surface area contributed by atoms with Crippen molar-refractivity contribution >= 4 is 11.8 Å². The molecule has 0 spiro atoms. The van der Waals surface area contributed by atoms with E-state index in [9.17, 15) is 0 Å². The zero-order chi connectivity index (χ0) is 7.33. The maximum Gasteiger partial charge on any atom is 0.0788 e. The molecule has 0 aliphatic carbocycles. The van der Waals surface area contributed by atoms with Gasteiger partial charge in [0.15, 0.2) is 0 Å². The first kappa shape index (κ1) is 9.31. The van der Waals surface area contributed by atoms with Crippen LogP contribution in [0.2, 0.25) is 0 Å². The highest BCUT2D eigenvalue weighted by Crippen LogP contribution is 1.99. The Morgan fingerprint density at radius 1 is 1.22 bits per heavy atom. The highest BCUT2D eigenvalue weighted by Gasteiger charge is 2.03. The number of rotatable bonds is 4. The van der Waals surface area contributed by atoms with Gasteiger partial charge < -0.3 is 4.48 Å². The van der Waals surface area contributed by atoms with Gasteiger partial charge in [-0.05, 0) is 12.0 Å². The second kappa shape index (κ2) is 4.18. The van der Waals surface area contributed by atoms with Crippen LogP contribution in [-0.4, -0.2) is 44.2 Å². The second-order valence-electron chi connectivity index (χ2n) is 3.36. The number of nitrogens with zero attached hydrogens (tertiary/aromatic N) is 1. The van der Waals surface area contributed by atoms with Gasteiger partial charge in [-0.25, -0.2) is 0 Å². The first-order chi connectivity index (χ1) is 4.06. The van der Waals surface area contributed by atoms with Crippen molar-refractivity contribution in [3.8, 4) is 0 Å². The van der Waals surface area contributed by atoms with Crippen molar-refractivity contribution in [2.24, 2.45) is 0 Å². The Morgan fingerprint density at radius 2 is 1.78 bits per heavy atom. The zero-order valence-electron chi connectivity index (χ0n) is 6.98. The van der Waals surface area contributed by atoms with Crippen molar-refractivity contribution in [1.82, 2.24) is 0 Å². The van der Waals surface area contributed by atoms with E-state index >= 15 is 0 Å². The largest absolute Gasteiger partial charge is 0.331 e. The molecule has 0 N–H and O–H groups in total. The molecule has 0 saturated carbocycles.